The van der Waals surface area contributed by atoms with E-state index >= 15 is 0 Å². The molecule has 2 amide bonds. The molecule has 0 aromatic heterocycles. The second-order valence-corrected chi connectivity index (χ2v) is 4.61. The highest BCUT2D eigenvalue weighted by Crippen LogP contribution is 2.13. The molecule has 0 saturated carbocycles. The van der Waals surface area contributed by atoms with Gasteiger partial charge in [-0.1, -0.05) is 12.1 Å². The third-order valence-corrected chi connectivity index (χ3v) is 3.04. The molecule has 2 unspecified atom stereocenters. The summed E-state index contributed by atoms with van der Waals surface area (Å²) in [6.45, 7) is 2.33. The van der Waals surface area contributed by atoms with E-state index in [-0.39, 0.29) is 0 Å². The van der Waals surface area contributed by atoms with Crippen molar-refractivity contribution < 1.29 is 14.7 Å². The normalized spacial score (nSPS) is 22.5. The summed E-state index contributed by atoms with van der Waals surface area (Å²) in [5.74, 6) is -2.04. The van der Waals surface area contributed by atoms with Gasteiger partial charge in [-0.2, -0.15) is 0 Å². The largest absolute Gasteiger partial charge is 0.392 e. The Bertz CT molecular complexity index is 490. The van der Waals surface area contributed by atoms with Crippen LogP contribution in [0, 0.1) is 12.8 Å². The lowest BCUT2D eigenvalue weighted by atomic mass is 9.95. The molecule has 6 nitrogen and oxygen atoms in total. The highest BCUT2D eigenvalue weighted by Gasteiger charge is 2.36. The van der Waals surface area contributed by atoms with Gasteiger partial charge < -0.3 is 10.4 Å². The molecular weight excluding hydrogens is 246 g/mol. The molecular formula is C13H17N3O3. The molecule has 19 heavy (non-hydrogen) atoms. The van der Waals surface area contributed by atoms with Crippen molar-refractivity contribution in [1.29, 1.82) is 0 Å². The fourth-order valence-corrected chi connectivity index (χ4v) is 2.02. The molecule has 1 aliphatic heterocycles. The van der Waals surface area contributed by atoms with Gasteiger partial charge in [0.2, 0.25) is 5.91 Å². The number of hydrazine groups is 1. The number of anilines is 1. The van der Waals surface area contributed by atoms with Crippen LogP contribution in [0.25, 0.3) is 0 Å². The van der Waals surface area contributed by atoms with Crippen LogP contribution in [0.1, 0.15) is 12.0 Å². The summed E-state index contributed by atoms with van der Waals surface area (Å²) in [5.41, 5.74) is 6.95. The number of piperidine rings is 1. The molecule has 1 aliphatic rings. The Hall–Kier alpha value is -2.08. The Morgan fingerprint density at radius 3 is 2.95 bits per heavy atom. The summed E-state index contributed by atoms with van der Waals surface area (Å²) in [7, 11) is 0. The number of carbonyl (C=O) groups is 2. The van der Waals surface area contributed by atoms with E-state index in [9.17, 15) is 14.7 Å². The van der Waals surface area contributed by atoms with Crippen molar-refractivity contribution in [2.45, 2.75) is 19.4 Å². The van der Waals surface area contributed by atoms with E-state index in [0.717, 1.165) is 11.3 Å². The zero-order chi connectivity index (χ0) is 13.8. The van der Waals surface area contributed by atoms with Crippen LogP contribution in [-0.4, -0.2) is 29.6 Å². The van der Waals surface area contributed by atoms with Crippen LogP contribution >= 0.6 is 0 Å². The van der Waals surface area contributed by atoms with Crippen LogP contribution < -0.4 is 16.2 Å². The molecule has 4 N–H and O–H groups in total. The number of carbonyl (C=O) groups excluding carboxylic acids is 2. The molecule has 1 fully saturated rings. The Balaban J connectivity index is 1.95. The van der Waals surface area contributed by atoms with Crippen molar-refractivity contribution in [3.8, 4) is 0 Å². The van der Waals surface area contributed by atoms with E-state index in [1.54, 1.807) is 6.07 Å². The summed E-state index contributed by atoms with van der Waals surface area (Å²) in [4.78, 5) is 23.4. The van der Waals surface area contributed by atoms with Gasteiger partial charge in [0.15, 0.2) is 0 Å². The van der Waals surface area contributed by atoms with Crippen molar-refractivity contribution in [3.05, 3.63) is 29.8 Å². The number of amides is 2. The Morgan fingerprint density at radius 1 is 1.47 bits per heavy atom. The highest BCUT2D eigenvalue weighted by molar-refractivity contribution is 6.01. The number of hydrogen-bond acceptors (Lipinski definition) is 4. The summed E-state index contributed by atoms with van der Waals surface area (Å²) in [5, 5.41) is 12.3. The summed E-state index contributed by atoms with van der Waals surface area (Å²) in [6, 6.07) is 7.44. The average Bonchev–Trinajstić information content (AvgIpc) is 2.36. The van der Waals surface area contributed by atoms with Crippen molar-refractivity contribution in [2.75, 3.05) is 12.0 Å². The maximum absolute atomic E-state index is 11.9. The predicted octanol–water partition coefficient (Wildman–Crippen LogP) is -0.0649. The Kier molecular flexibility index (Phi) is 4.01. The van der Waals surface area contributed by atoms with Crippen molar-refractivity contribution in [2.24, 2.45) is 5.92 Å². The van der Waals surface area contributed by atoms with E-state index in [0.29, 0.717) is 13.0 Å². The monoisotopic (exact) mass is 263 g/mol. The Labute approximate surface area is 111 Å². The van der Waals surface area contributed by atoms with Gasteiger partial charge >= 0.3 is 0 Å². The molecule has 0 radical (unpaired) electrons. The van der Waals surface area contributed by atoms with Gasteiger partial charge in [-0.25, -0.2) is 0 Å². The molecule has 2 atom stereocenters. The first-order valence-electron chi connectivity index (χ1n) is 6.16. The standard InChI is InChI=1S/C13H17N3O3/c1-8-3-2-4-9(7-8)15-16-13(19)11-10(17)5-6-14-12(11)18/h2-4,7,10-11,15,17H,5-6H2,1H3,(H,14,18)(H,16,19). The van der Waals surface area contributed by atoms with E-state index in [1.165, 1.54) is 0 Å². The van der Waals surface area contributed by atoms with Crippen molar-refractivity contribution in [1.82, 2.24) is 10.7 Å². The topological polar surface area (TPSA) is 90.5 Å². The second kappa shape index (κ2) is 5.71. The second-order valence-electron chi connectivity index (χ2n) is 4.61. The molecule has 0 bridgehead atoms. The van der Waals surface area contributed by atoms with Gasteiger partial charge in [0, 0.05) is 6.54 Å². The zero-order valence-electron chi connectivity index (χ0n) is 10.6. The number of rotatable bonds is 3. The number of hydrogen-bond donors (Lipinski definition) is 4. The maximum atomic E-state index is 11.9. The first-order valence-corrected chi connectivity index (χ1v) is 6.16. The Morgan fingerprint density at radius 2 is 2.26 bits per heavy atom. The minimum absolute atomic E-state index is 0.383. The fraction of sp³-hybridized carbons (Fsp3) is 0.385. The molecule has 2 rings (SSSR count). The van der Waals surface area contributed by atoms with Gasteiger partial charge in [-0.3, -0.25) is 20.4 Å². The predicted molar refractivity (Wildman–Crippen MR) is 70.1 cm³/mol. The van der Waals surface area contributed by atoms with Gasteiger partial charge in [-0.15, -0.1) is 0 Å². The minimum atomic E-state index is -1.06. The molecule has 1 heterocycles. The number of aryl methyl sites for hydroxylation is 1. The molecule has 0 spiro atoms. The minimum Gasteiger partial charge on any atom is -0.392 e. The van der Waals surface area contributed by atoms with Gasteiger partial charge in [-0.05, 0) is 31.0 Å². The van der Waals surface area contributed by atoms with Gasteiger partial charge in [0.05, 0.1) is 11.8 Å². The van der Waals surface area contributed by atoms with Crippen LogP contribution in [0.4, 0.5) is 5.69 Å². The lowest BCUT2D eigenvalue weighted by molar-refractivity contribution is -0.142. The third-order valence-electron chi connectivity index (χ3n) is 3.04. The highest BCUT2D eigenvalue weighted by atomic mass is 16.3. The number of nitrogens with one attached hydrogen (secondary N) is 3. The summed E-state index contributed by atoms with van der Waals surface area (Å²) < 4.78 is 0. The van der Waals surface area contributed by atoms with E-state index in [1.807, 2.05) is 25.1 Å². The zero-order valence-corrected chi connectivity index (χ0v) is 10.6. The number of benzene rings is 1. The number of aliphatic hydroxyl groups excluding tert-OH is 1. The third kappa shape index (κ3) is 3.23. The average molecular weight is 263 g/mol. The summed E-state index contributed by atoms with van der Waals surface area (Å²) in [6.07, 6.45) is -0.554. The molecule has 1 saturated heterocycles. The van der Waals surface area contributed by atoms with Crippen LogP contribution in [-0.2, 0) is 9.59 Å². The van der Waals surface area contributed by atoms with Crippen LogP contribution in [0.3, 0.4) is 0 Å². The molecule has 1 aromatic rings. The van der Waals surface area contributed by atoms with Crippen molar-refractivity contribution >= 4 is 17.5 Å². The first-order chi connectivity index (χ1) is 9.08. The van der Waals surface area contributed by atoms with Crippen molar-refractivity contribution in [3.63, 3.8) is 0 Å². The molecule has 6 heteroatoms. The number of aliphatic hydroxyl groups is 1. The van der Waals surface area contributed by atoms with Crippen LogP contribution in [0.15, 0.2) is 24.3 Å². The molecule has 0 aliphatic carbocycles. The lowest BCUT2D eigenvalue weighted by Crippen LogP contribution is -2.52. The summed E-state index contributed by atoms with van der Waals surface area (Å²) >= 11 is 0. The van der Waals surface area contributed by atoms with E-state index < -0.39 is 23.8 Å². The van der Waals surface area contributed by atoms with Gasteiger partial charge in [0.1, 0.15) is 5.92 Å². The van der Waals surface area contributed by atoms with Gasteiger partial charge in [0.25, 0.3) is 5.91 Å². The lowest BCUT2D eigenvalue weighted by Gasteiger charge is -2.26. The molecule has 102 valence electrons. The van der Waals surface area contributed by atoms with E-state index in [4.69, 9.17) is 0 Å². The maximum Gasteiger partial charge on any atom is 0.253 e. The smallest absolute Gasteiger partial charge is 0.253 e. The van der Waals surface area contributed by atoms with Crippen LogP contribution in [0.5, 0.6) is 0 Å². The van der Waals surface area contributed by atoms with E-state index in [2.05, 4.69) is 16.2 Å². The quantitative estimate of drug-likeness (QED) is 0.454. The van der Waals surface area contributed by atoms with Crippen LogP contribution in [0.2, 0.25) is 0 Å². The SMILES string of the molecule is Cc1cccc(NNC(=O)C2C(=O)NCCC2O)c1. The fourth-order valence-electron chi connectivity index (χ4n) is 2.02. The molecule has 1 aromatic carbocycles. The first kappa shape index (κ1) is 13.4.